The molecule has 0 aliphatic heterocycles. The minimum Gasteiger partial charge on any atom is -0.495 e. The van der Waals surface area contributed by atoms with Gasteiger partial charge in [0.2, 0.25) is 0 Å². The molecular formula is C15H13FN2OS. The minimum atomic E-state index is -0.249. The largest absolute Gasteiger partial charge is 0.495 e. The van der Waals surface area contributed by atoms with Gasteiger partial charge in [-0.2, -0.15) is 0 Å². The van der Waals surface area contributed by atoms with Gasteiger partial charge < -0.3 is 9.72 Å². The predicted molar refractivity (Wildman–Crippen MR) is 79.7 cm³/mol. The Hall–Kier alpha value is -2.14. The third-order valence-electron chi connectivity index (χ3n) is 3.29. The van der Waals surface area contributed by atoms with Gasteiger partial charge in [0.15, 0.2) is 4.77 Å². The molecule has 0 aliphatic carbocycles. The summed E-state index contributed by atoms with van der Waals surface area (Å²) in [4.78, 5) is 3.03. The normalized spacial score (nSPS) is 10.9. The fraction of sp³-hybridized carbons (Fsp3) is 0.133. The van der Waals surface area contributed by atoms with E-state index in [0.717, 1.165) is 11.2 Å². The number of benzene rings is 2. The molecule has 0 fully saturated rings. The number of para-hydroxylation sites is 2. The van der Waals surface area contributed by atoms with Crippen molar-refractivity contribution >= 4 is 23.3 Å². The second-order valence-corrected chi connectivity index (χ2v) is 4.94. The molecule has 3 aromatic rings. The Kier molecular flexibility index (Phi) is 3.06. The van der Waals surface area contributed by atoms with Crippen molar-refractivity contribution in [3.05, 3.63) is 52.5 Å². The number of imidazole rings is 1. The van der Waals surface area contributed by atoms with Gasteiger partial charge in [0, 0.05) is 0 Å². The van der Waals surface area contributed by atoms with E-state index in [1.54, 1.807) is 20.1 Å². The molecule has 3 nitrogen and oxygen atoms in total. The number of methoxy groups -OCH3 is 1. The van der Waals surface area contributed by atoms with E-state index in [1.807, 2.05) is 28.8 Å². The molecule has 0 unspecified atom stereocenters. The smallest absolute Gasteiger partial charge is 0.182 e. The molecule has 2 aromatic carbocycles. The van der Waals surface area contributed by atoms with E-state index in [4.69, 9.17) is 17.0 Å². The van der Waals surface area contributed by atoms with Crippen LogP contribution < -0.4 is 4.74 Å². The van der Waals surface area contributed by atoms with Crippen LogP contribution in [0.4, 0.5) is 4.39 Å². The number of aromatic nitrogens is 2. The molecule has 1 N–H and O–H groups in total. The highest BCUT2D eigenvalue weighted by Crippen LogP contribution is 2.28. The van der Waals surface area contributed by atoms with E-state index in [2.05, 4.69) is 4.98 Å². The van der Waals surface area contributed by atoms with Gasteiger partial charge >= 0.3 is 0 Å². The van der Waals surface area contributed by atoms with Crippen molar-refractivity contribution in [1.29, 1.82) is 0 Å². The average Bonchev–Trinajstić information content (AvgIpc) is 2.74. The Morgan fingerprint density at radius 2 is 2.00 bits per heavy atom. The van der Waals surface area contributed by atoms with Crippen LogP contribution in [-0.4, -0.2) is 16.7 Å². The maximum atomic E-state index is 13.6. The molecular weight excluding hydrogens is 275 g/mol. The number of fused-ring (bicyclic) bond motifs is 1. The number of halogens is 1. The molecule has 0 bridgehead atoms. The van der Waals surface area contributed by atoms with Gasteiger partial charge in [-0.25, -0.2) is 4.39 Å². The molecule has 0 atom stereocenters. The number of ether oxygens (including phenoxy) is 1. The van der Waals surface area contributed by atoms with Crippen molar-refractivity contribution in [1.82, 2.24) is 9.55 Å². The van der Waals surface area contributed by atoms with Crippen LogP contribution in [-0.2, 0) is 0 Å². The zero-order chi connectivity index (χ0) is 14.3. The maximum absolute atomic E-state index is 13.6. The summed E-state index contributed by atoms with van der Waals surface area (Å²) in [5.74, 6) is 0.465. The number of nitrogens with zero attached hydrogens (tertiary/aromatic N) is 1. The lowest BCUT2D eigenvalue weighted by molar-refractivity contribution is 0.413. The van der Waals surface area contributed by atoms with Crippen LogP contribution in [0.15, 0.2) is 36.4 Å². The summed E-state index contributed by atoms with van der Waals surface area (Å²) in [6, 6.07) is 10.8. The molecule has 102 valence electrons. The Morgan fingerprint density at radius 3 is 2.75 bits per heavy atom. The molecule has 0 radical (unpaired) electrons. The second kappa shape index (κ2) is 4.76. The Labute approximate surface area is 120 Å². The molecule has 1 heterocycles. The summed E-state index contributed by atoms with van der Waals surface area (Å²) < 4.78 is 21.4. The van der Waals surface area contributed by atoms with Gasteiger partial charge in [0.25, 0.3) is 0 Å². The summed E-state index contributed by atoms with van der Waals surface area (Å²) >= 11 is 5.36. The SMILES string of the molecule is COc1ccccc1-n1c(=S)[nH]c2cc(F)c(C)cc21. The monoisotopic (exact) mass is 288 g/mol. The lowest BCUT2D eigenvalue weighted by Crippen LogP contribution is -1.98. The first kappa shape index (κ1) is 12.9. The fourth-order valence-corrected chi connectivity index (χ4v) is 2.59. The van der Waals surface area contributed by atoms with E-state index in [1.165, 1.54) is 6.07 Å². The first-order valence-corrected chi connectivity index (χ1v) is 6.57. The maximum Gasteiger partial charge on any atom is 0.182 e. The van der Waals surface area contributed by atoms with Crippen LogP contribution in [0.3, 0.4) is 0 Å². The molecule has 0 saturated heterocycles. The van der Waals surface area contributed by atoms with Crippen LogP contribution in [0, 0.1) is 17.5 Å². The first-order valence-electron chi connectivity index (χ1n) is 6.16. The van der Waals surface area contributed by atoms with Gasteiger partial charge in [0.05, 0.1) is 23.8 Å². The molecule has 0 saturated carbocycles. The number of rotatable bonds is 2. The van der Waals surface area contributed by atoms with Crippen LogP contribution in [0.2, 0.25) is 0 Å². The molecule has 0 spiro atoms. The van der Waals surface area contributed by atoms with Gasteiger partial charge in [-0.3, -0.25) is 4.57 Å². The highest BCUT2D eigenvalue weighted by Gasteiger charge is 2.12. The summed E-state index contributed by atoms with van der Waals surface area (Å²) in [6.45, 7) is 1.73. The summed E-state index contributed by atoms with van der Waals surface area (Å²) in [7, 11) is 1.61. The van der Waals surface area contributed by atoms with Crippen molar-refractivity contribution in [2.24, 2.45) is 0 Å². The van der Waals surface area contributed by atoms with Crippen LogP contribution in [0.1, 0.15) is 5.56 Å². The quantitative estimate of drug-likeness (QED) is 0.718. The van der Waals surface area contributed by atoms with Crippen molar-refractivity contribution in [2.75, 3.05) is 7.11 Å². The number of hydrogen-bond donors (Lipinski definition) is 1. The van der Waals surface area contributed by atoms with Crippen molar-refractivity contribution < 1.29 is 9.13 Å². The standard InChI is InChI=1S/C15H13FN2OS/c1-9-7-13-11(8-10(9)16)17-15(20)18(13)12-5-3-4-6-14(12)19-2/h3-8H,1-2H3,(H,17,20). The average molecular weight is 288 g/mol. The van der Waals surface area contributed by atoms with E-state index in [-0.39, 0.29) is 5.82 Å². The Morgan fingerprint density at radius 1 is 1.25 bits per heavy atom. The molecule has 0 aliphatic rings. The number of H-pyrrole nitrogens is 1. The number of aromatic amines is 1. The first-order chi connectivity index (χ1) is 9.61. The van der Waals surface area contributed by atoms with Crippen LogP contribution in [0.5, 0.6) is 5.75 Å². The Bertz CT molecular complexity index is 851. The third-order valence-corrected chi connectivity index (χ3v) is 3.57. The van der Waals surface area contributed by atoms with E-state index >= 15 is 0 Å². The zero-order valence-electron chi connectivity index (χ0n) is 11.1. The van der Waals surface area contributed by atoms with Gasteiger partial charge in [-0.05, 0) is 49.0 Å². The molecule has 5 heteroatoms. The highest BCUT2D eigenvalue weighted by atomic mass is 32.1. The lowest BCUT2D eigenvalue weighted by Gasteiger charge is -2.10. The summed E-state index contributed by atoms with van der Waals surface area (Å²) in [5.41, 5.74) is 2.91. The number of aryl methyl sites for hydroxylation is 1. The summed E-state index contributed by atoms with van der Waals surface area (Å²) in [6.07, 6.45) is 0. The lowest BCUT2D eigenvalue weighted by atomic mass is 10.2. The second-order valence-electron chi connectivity index (χ2n) is 4.56. The van der Waals surface area contributed by atoms with Gasteiger partial charge in [-0.15, -0.1) is 0 Å². The van der Waals surface area contributed by atoms with Crippen LogP contribution >= 0.6 is 12.2 Å². The molecule has 0 amide bonds. The molecule has 3 rings (SSSR count). The summed E-state index contributed by atoms with van der Waals surface area (Å²) in [5, 5.41) is 0. The third kappa shape index (κ3) is 1.91. The topological polar surface area (TPSA) is 29.9 Å². The minimum absolute atomic E-state index is 0.249. The van der Waals surface area contributed by atoms with Crippen molar-refractivity contribution in [3.63, 3.8) is 0 Å². The van der Waals surface area contributed by atoms with E-state index < -0.39 is 0 Å². The number of nitrogens with one attached hydrogen (secondary N) is 1. The van der Waals surface area contributed by atoms with Crippen molar-refractivity contribution in [2.45, 2.75) is 6.92 Å². The number of hydrogen-bond acceptors (Lipinski definition) is 2. The zero-order valence-corrected chi connectivity index (χ0v) is 11.9. The fourth-order valence-electron chi connectivity index (χ4n) is 2.29. The highest BCUT2D eigenvalue weighted by molar-refractivity contribution is 7.71. The molecule has 1 aromatic heterocycles. The van der Waals surface area contributed by atoms with Gasteiger partial charge in [0.1, 0.15) is 11.6 Å². The van der Waals surface area contributed by atoms with Crippen LogP contribution in [0.25, 0.3) is 16.7 Å². The van der Waals surface area contributed by atoms with E-state index in [0.29, 0.717) is 21.6 Å². The Balaban J connectivity index is 2.39. The predicted octanol–water partition coefficient (Wildman–Crippen LogP) is 4.14. The van der Waals surface area contributed by atoms with Gasteiger partial charge in [-0.1, -0.05) is 12.1 Å². The molecule has 20 heavy (non-hydrogen) atoms. The van der Waals surface area contributed by atoms with E-state index in [9.17, 15) is 4.39 Å². The van der Waals surface area contributed by atoms with Crippen molar-refractivity contribution in [3.8, 4) is 11.4 Å².